The average Bonchev–Trinajstić information content (AvgIpc) is 2.77. The highest BCUT2D eigenvalue weighted by molar-refractivity contribution is 7.89. The van der Waals surface area contributed by atoms with Crippen LogP contribution in [0.2, 0.25) is 0 Å². The van der Waals surface area contributed by atoms with Crippen molar-refractivity contribution in [1.29, 1.82) is 0 Å². The zero-order chi connectivity index (χ0) is 13.2. The van der Waals surface area contributed by atoms with Crippen molar-refractivity contribution < 1.29 is 8.42 Å². The van der Waals surface area contributed by atoms with Crippen molar-refractivity contribution in [2.24, 2.45) is 0 Å². The Morgan fingerprint density at radius 1 is 1.33 bits per heavy atom. The summed E-state index contributed by atoms with van der Waals surface area (Å²) in [4.78, 5) is 0.000862. The molecule has 0 bridgehead atoms. The summed E-state index contributed by atoms with van der Waals surface area (Å²) in [6.45, 7) is 0.286. The van der Waals surface area contributed by atoms with E-state index in [1.165, 1.54) is 17.5 Å². The fourth-order valence-corrected chi connectivity index (χ4v) is 2.75. The van der Waals surface area contributed by atoms with E-state index in [4.69, 9.17) is 5.73 Å². The molecule has 2 rings (SSSR count). The van der Waals surface area contributed by atoms with Gasteiger partial charge in [-0.2, -0.15) is 9.40 Å². The molecule has 0 atom stereocenters. The second-order valence-electron chi connectivity index (χ2n) is 3.89. The van der Waals surface area contributed by atoms with E-state index < -0.39 is 10.0 Å². The first-order valence-electron chi connectivity index (χ1n) is 5.31. The molecular weight excluding hydrogens is 252 g/mol. The van der Waals surface area contributed by atoms with Crippen LogP contribution in [0.4, 0.5) is 5.82 Å². The van der Waals surface area contributed by atoms with Gasteiger partial charge in [0, 0.05) is 13.6 Å². The molecule has 0 aliphatic rings. The van der Waals surface area contributed by atoms with E-state index in [1.54, 1.807) is 0 Å². The Hall–Kier alpha value is -1.86. The normalized spacial score (nSPS) is 11.9. The van der Waals surface area contributed by atoms with Gasteiger partial charge < -0.3 is 5.73 Å². The number of hydrogen-bond acceptors (Lipinski definition) is 4. The number of nitrogens with two attached hydrogens (primary N) is 1. The van der Waals surface area contributed by atoms with E-state index in [-0.39, 0.29) is 17.3 Å². The van der Waals surface area contributed by atoms with Crippen LogP contribution in [0.25, 0.3) is 0 Å². The lowest BCUT2D eigenvalue weighted by Crippen LogP contribution is -2.26. The summed E-state index contributed by atoms with van der Waals surface area (Å²) in [5.74, 6) is 0.0508. The molecule has 1 aromatic heterocycles. The second kappa shape index (κ2) is 4.79. The van der Waals surface area contributed by atoms with Crippen LogP contribution in [0.5, 0.6) is 0 Å². The summed E-state index contributed by atoms with van der Waals surface area (Å²) < 4.78 is 25.6. The van der Waals surface area contributed by atoms with Crippen molar-refractivity contribution in [2.75, 3.05) is 12.8 Å². The highest BCUT2D eigenvalue weighted by atomic mass is 32.2. The predicted octanol–water partition coefficient (Wildman–Crippen LogP) is 0.813. The van der Waals surface area contributed by atoms with Crippen LogP contribution in [0.1, 0.15) is 5.56 Å². The lowest BCUT2D eigenvalue weighted by molar-refractivity contribution is 0.467. The van der Waals surface area contributed by atoms with Crippen LogP contribution in [-0.2, 0) is 16.6 Å². The Morgan fingerprint density at radius 2 is 2.00 bits per heavy atom. The summed E-state index contributed by atoms with van der Waals surface area (Å²) >= 11 is 0. The summed E-state index contributed by atoms with van der Waals surface area (Å²) in [6, 6.07) is 9.34. The van der Waals surface area contributed by atoms with Gasteiger partial charge in [-0.15, -0.1) is 0 Å². The van der Waals surface area contributed by atoms with Crippen LogP contribution in [0.3, 0.4) is 0 Å². The largest absolute Gasteiger partial charge is 0.383 e. The molecule has 1 aromatic carbocycles. The third kappa shape index (κ3) is 2.36. The van der Waals surface area contributed by atoms with Crippen molar-refractivity contribution in [3.05, 3.63) is 42.1 Å². The topological polar surface area (TPSA) is 92.1 Å². The van der Waals surface area contributed by atoms with Gasteiger partial charge in [0.15, 0.2) is 0 Å². The van der Waals surface area contributed by atoms with Gasteiger partial charge in [0.2, 0.25) is 10.0 Å². The van der Waals surface area contributed by atoms with Crippen molar-refractivity contribution >= 4 is 15.8 Å². The quantitative estimate of drug-likeness (QED) is 0.856. The van der Waals surface area contributed by atoms with Gasteiger partial charge in [-0.05, 0) is 5.56 Å². The van der Waals surface area contributed by atoms with Gasteiger partial charge in [-0.25, -0.2) is 8.42 Å². The van der Waals surface area contributed by atoms with Gasteiger partial charge in [0.1, 0.15) is 10.7 Å². The Bertz CT molecular complexity index is 622. The molecule has 0 unspecified atom stereocenters. The number of nitrogens with zero attached hydrogens (tertiary/aromatic N) is 2. The predicted molar refractivity (Wildman–Crippen MR) is 68.1 cm³/mol. The molecule has 0 saturated carbocycles. The molecule has 0 aliphatic carbocycles. The molecule has 2 aromatic rings. The number of aromatic nitrogens is 2. The van der Waals surface area contributed by atoms with Gasteiger partial charge in [-0.3, -0.25) is 5.10 Å². The molecule has 0 amide bonds. The third-order valence-electron chi connectivity index (χ3n) is 2.57. The summed E-state index contributed by atoms with van der Waals surface area (Å²) in [6.07, 6.45) is 1.21. The highest BCUT2D eigenvalue weighted by Crippen LogP contribution is 2.20. The summed E-state index contributed by atoms with van der Waals surface area (Å²) in [7, 11) is -2.10. The van der Waals surface area contributed by atoms with E-state index in [0.29, 0.717) is 0 Å². The molecule has 96 valence electrons. The first kappa shape index (κ1) is 12.6. The molecule has 0 saturated heterocycles. The maximum absolute atomic E-state index is 12.2. The van der Waals surface area contributed by atoms with Gasteiger partial charge in [-0.1, -0.05) is 30.3 Å². The number of aromatic amines is 1. The van der Waals surface area contributed by atoms with Crippen LogP contribution >= 0.6 is 0 Å². The molecule has 0 radical (unpaired) electrons. The smallest absolute Gasteiger partial charge is 0.248 e. The second-order valence-corrected chi connectivity index (χ2v) is 5.91. The zero-order valence-corrected chi connectivity index (χ0v) is 10.7. The monoisotopic (exact) mass is 266 g/mol. The first-order chi connectivity index (χ1) is 8.51. The zero-order valence-electron chi connectivity index (χ0n) is 9.87. The number of H-pyrrole nitrogens is 1. The molecule has 6 nitrogen and oxygen atoms in total. The highest BCUT2D eigenvalue weighted by Gasteiger charge is 2.24. The molecule has 3 N–H and O–H groups in total. The fourth-order valence-electron chi connectivity index (χ4n) is 1.58. The maximum Gasteiger partial charge on any atom is 0.248 e. The van der Waals surface area contributed by atoms with Crippen molar-refractivity contribution in [3.8, 4) is 0 Å². The molecule has 1 heterocycles. The molecule has 0 aliphatic heterocycles. The Labute approximate surface area is 105 Å². The lowest BCUT2D eigenvalue weighted by atomic mass is 10.2. The lowest BCUT2D eigenvalue weighted by Gasteiger charge is -2.16. The van der Waals surface area contributed by atoms with Gasteiger partial charge in [0.25, 0.3) is 0 Å². The van der Waals surface area contributed by atoms with E-state index >= 15 is 0 Å². The maximum atomic E-state index is 12.2. The average molecular weight is 266 g/mol. The molecule has 0 spiro atoms. The standard InChI is InChI=1S/C11H14N4O2S/c1-15(8-9-5-3-2-4-6-9)18(16,17)10-7-13-14-11(10)12/h2-7H,8H2,1H3,(H3,12,13,14). The first-order valence-corrected chi connectivity index (χ1v) is 6.75. The summed E-state index contributed by atoms with van der Waals surface area (Å²) in [5.41, 5.74) is 6.44. The van der Waals surface area contributed by atoms with Crippen LogP contribution in [0.15, 0.2) is 41.4 Å². The number of sulfonamides is 1. The molecular formula is C11H14N4O2S. The van der Waals surface area contributed by atoms with Crippen molar-refractivity contribution in [1.82, 2.24) is 14.5 Å². The molecule has 18 heavy (non-hydrogen) atoms. The number of benzene rings is 1. The van der Waals surface area contributed by atoms with Gasteiger partial charge >= 0.3 is 0 Å². The van der Waals surface area contributed by atoms with E-state index in [1.807, 2.05) is 30.3 Å². The molecule has 7 heteroatoms. The fraction of sp³-hybridized carbons (Fsp3) is 0.182. The Balaban J connectivity index is 2.24. The number of rotatable bonds is 4. The number of hydrogen-bond donors (Lipinski definition) is 2. The van der Waals surface area contributed by atoms with Gasteiger partial charge in [0.05, 0.1) is 6.20 Å². The van der Waals surface area contributed by atoms with E-state index in [2.05, 4.69) is 10.2 Å². The van der Waals surface area contributed by atoms with Crippen LogP contribution < -0.4 is 5.73 Å². The Morgan fingerprint density at radius 3 is 2.56 bits per heavy atom. The minimum Gasteiger partial charge on any atom is -0.383 e. The van der Waals surface area contributed by atoms with Crippen molar-refractivity contribution in [3.63, 3.8) is 0 Å². The minimum atomic E-state index is -3.61. The van der Waals surface area contributed by atoms with Crippen molar-refractivity contribution in [2.45, 2.75) is 11.4 Å². The number of nitrogen functional groups attached to an aromatic ring is 1. The Kier molecular flexibility index (Phi) is 3.35. The van der Waals surface area contributed by atoms with E-state index in [9.17, 15) is 8.42 Å². The van der Waals surface area contributed by atoms with E-state index in [0.717, 1.165) is 5.56 Å². The van der Waals surface area contributed by atoms with Crippen LogP contribution in [0, 0.1) is 0 Å². The summed E-state index contributed by atoms with van der Waals surface area (Å²) in [5, 5.41) is 6.04. The van der Waals surface area contributed by atoms with Crippen LogP contribution in [-0.4, -0.2) is 30.0 Å². The minimum absolute atomic E-state index is 0.000862. The number of nitrogens with one attached hydrogen (secondary N) is 1. The third-order valence-corrected chi connectivity index (χ3v) is 4.40. The SMILES string of the molecule is CN(Cc1ccccc1)S(=O)(=O)c1cn[nH]c1N. The number of anilines is 1. The molecule has 0 fully saturated rings.